The van der Waals surface area contributed by atoms with Crippen molar-refractivity contribution in [1.82, 2.24) is 4.90 Å². The van der Waals surface area contributed by atoms with E-state index in [1.54, 1.807) is 41.3 Å². The molecule has 41 heavy (non-hydrogen) atoms. The summed E-state index contributed by atoms with van der Waals surface area (Å²) in [4.78, 5) is 20.6. The van der Waals surface area contributed by atoms with Crippen LogP contribution in [-0.4, -0.2) is 23.1 Å². The fourth-order valence-corrected chi connectivity index (χ4v) is 5.89. The second-order valence-electron chi connectivity index (χ2n) is 9.13. The topological polar surface area (TPSA) is 51.1 Å². The maximum absolute atomic E-state index is 13.6. The maximum atomic E-state index is 13.6. The monoisotopic (exact) mass is 622 g/mol. The second-order valence-corrected chi connectivity index (χ2v) is 11.4. The van der Waals surface area contributed by atoms with Crippen LogP contribution >= 0.6 is 46.6 Å². The average Bonchev–Trinajstić information content (AvgIpc) is 3.26. The van der Waals surface area contributed by atoms with Gasteiger partial charge in [-0.1, -0.05) is 102 Å². The summed E-state index contributed by atoms with van der Waals surface area (Å²) in [6.07, 6.45) is 1.80. The first-order valence-corrected chi connectivity index (χ1v) is 14.6. The first-order valence-electron chi connectivity index (χ1n) is 12.7. The van der Waals surface area contributed by atoms with Gasteiger partial charge in [-0.05, 0) is 58.8 Å². The van der Waals surface area contributed by atoms with Gasteiger partial charge < -0.3 is 9.47 Å². The van der Waals surface area contributed by atoms with Crippen molar-refractivity contribution in [3.63, 3.8) is 0 Å². The quantitative estimate of drug-likeness (QED) is 0.175. The molecule has 0 unspecified atom stereocenters. The smallest absolute Gasteiger partial charge is 0.267 e. The van der Waals surface area contributed by atoms with Gasteiger partial charge in [-0.3, -0.25) is 14.7 Å². The molecule has 0 saturated carbocycles. The van der Waals surface area contributed by atoms with E-state index in [0.717, 1.165) is 16.7 Å². The molecule has 5 rings (SSSR count). The Balaban J connectivity index is 1.41. The minimum atomic E-state index is -0.126. The van der Waals surface area contributed by atoms with Crippen molar-refractivity contribution in [2.24, 2.45) is 4.99 Å². The van der Waals surface area contributed by atoms with E-state index >= 15 is 0 Å². The van der Waals surface area contributed by atoms with Crippen LogP contribution in [-0.2, 0) is 24.5 Å². The lowest BCUT2D eigenvalue weighted by Gasteiger charge is -2.16. The van der Waals surface area contributed by atoms with E-state index in [0.29, 0.717) is 55.3 Å². The molecule has 9 heteroatoms. The molecule has 5 nitrogen and oxygen atoms in total. The number of nitrogens with zero attached hydrogens (tertiary/aromatic N) is 2. The van der Waals surface area contributed by atoms with Gasteiger partial charge in [0.2, 0.25) is 0 Å². The molecule has 0 atom stereocenters. The predicted octanol–water partition coefficient (Wildman–Crippen LogP) is 8.91. The number of amides is 1. The van der Waals surface area contributed by atoms with Gasteiger partial charge in [-0.2, -0.15) is 0 Å². The molecule has 4 aromatic rings. The van der Waals surface area contributed by atoms with Crippen LogP contribution < -0.4 is 9.47 Å². The summed E-state index contributed by atoms with van der Waals surface area (Å²) in [7, 11) is 1.54. The minimum Gasteiger partial charge on any atom is -0.493 e. The Bertz CT molecular complexity index is 1610. The third-order valence-corrected chi connectivity index (χ3v) is 8.16. The number of amidine groups is 1. The molecule has 1 fully saturated rings. The molecular formula is C32H25Cl3N2O3S. The standard InChI is InChI=1S/C32H25Cl3N2O3S/c1-39-28-15-23(14-27(35)30(28)40-20-24-12-13-25(33)17-26(24)34)16-29-31(38)37(19-22-10-6-3-7-11-22)32(41-29)36-18-21-8-4-2-5-9-21/h2-17H,18-20H2,1H3/b29-16+,36-32?. The summed E-state index contributed by atoms with van der Waals surface area (Å²) in [5.41, 5.74) is 3.54. The van der Waals surface area contributed by atoms with Crippen molar-refractivity contribution in [3.05, 3.63) is 133 Å². The van der Waals surface area contributed by atoms with Crippen LogP contribution in [0.2, 0.25) is 15.1 Å². The Morgan fingerprint density at radius 3 is 2.27 bits per heavy atom. The van der Waals surface area contributed by atoms with Gasteiger partial charge in [-0.15, -0.1) is 0 Å². The maximum Gasteiger partial charge on any atom is 0.267 e. The highest BCUT2D eigenvalue weighted by Gasteiger charge is 2.33. The van der Waals surface area contributed by atoms with Gasteiger partial charge in [-0.25, -0.2) is 0 Å². The third kappa shape index (κ3) is 7.27. The molecule has 0 bridgehead atoms. The van der Waals surface area contributed by atoms with E-state index in [4.69, 9.17) is 49.3 Å². The normalized spacial score (nSPS) is 15.1. The lowest BCUT2D eigenvalue weighted by Crippen LogP contribution is -2.28. The average molecular weight is 624 g/mol. The Labute approximate surface area is 258 Å². The molecule has 0 aliphatic carbocycles. The third-order valence-electron chi connectivity index (χ3n) is 6.25. The number of benzene rings is 4. The second kappa shape index (κ2) is 13.5. The first kappa shape index (κ1) is 29.1. The number of carbonyl (C=O) groups excluding carboxylic acids is 1. The van der Waals surface area contributed by atoms with Gasteiger partial charge in [0.1, 0.15) is 6.61 Å². The molecule has 0 aromatic heterocycles. The van der Waals surface area contributed by atoms with E-state index < -0.39 is 0 Å². The largest absolute Gasteiger partial charge is 0.493 e. The number of rotatable bonds is 9. The predicted molar refractivity (Wildman–Crippen MR) is 169 cm³/mol. The van der Waals surface area contributed by atoms with Crippen LogP contribution in [0.4, 0.5) is 0 Å². The molecule has 0 spiro atoms. The summed E-state index contributed by atoms with van der Waals surface area (Å²) in [5.74, 6) is 0.686. The highest BCUT2D eigenvalue weighted by atomic mass is 35.5. The fraction of sp³-hybridized carbons (Fsp3) is 0.125. The van der Waals surface area contributed by atoms with E-state index in [9.17, 15) is 4.79 Å². The lowest BCUT2D eigenvalue weighted by atomic mass is 10.1. The fourth-order valence-electron chi connectivity index (χ4n) is 4.18. The summed E-state index contributed by atoms with van der Waals surface area (Å²) in [5, 5.41) is 2.03. The van der Waals surface area contributed by atoms with Gasteiger partial charge in [0.15, 0.2) is 16.7 Å². The van der Waals surface area contributed by atoms with Gasteiger partial charge in [0, 0.05) is 15.6 Å². The Hall–Kier alpha value is -3.42. The number of hydrogen-bond donors (Lipinski definition) is 0. The zero-order valence-corrected chi connectivity index (χ0v) is 25.1. The lowest BCUT2D eigenvalue weighted by molar-refractivity contribution is -0.122. The number of aliphatic imine (C=N–C) groups is 1. The Morgan fingerprint density at radius 2 is 1.59 bits per heavy atom. The molecule has 0 radical (unpaired) electrons. The van der Waals surface area contributed by atoms with Crippen molar-refractivity contribution in [1.29, 1.82) is 0 Å². The molecule has 1 aliphatic rings. The number of hydrogen-bond acceptors (Lipinski definition) is 5. The summed E-state index contributed by atoms with van der Waals surface area (Å²) >= 11 is 20.3. The minimum absolute atomic E-state index is 0.126. The van der Waals surface area contributed by atoms with Crippen molar-refractivity contribution in [2.75, 3.05) is 7.11 Å². The van der Waals surface area contributed by atoms with Gasteiger partial charge in [0.25, 0.3) is 5.91 Å². The van der Waals surface area contributed by atoms with Crippen LogP contribution in [0.5, 0.6) is 11.5 Å². The van der Waals surface area contributed by atoms with Crippen LogP contribution in [0.3, 0.4) is 0 Å². The molecule has 4 aromatic carbocycles. The highest BCUT2D eigenvalue weighted by molar-refractivity contribution is 8.18. The molecule has 1 heterocycles. The number of thioether (sulfide) groups is 1. The van der Waals surface area contributed by atoms with Crippen molar-refractivity contribution in [3.8, 4) is 11.5 Å². The number of halogens is 3. The van der Waals surface area contributed by atoms with E-state index in [1.807, 2.05) is 60.7 Å². The Kier molecular flexibility index (Phi) is 9.57. The van der Waals surface area contributed by atoms with Gasteiger partial charge in [0.05, 0.1) is 30.1 Å². The first-order chi connectivity index (χ1) is 19.9. The molecule has 0 N–H and O–H groups in total. The summed E-state index contributed by atoms with van der Waals surface area (Å²) < 4.78 is 11.6. The van der Waals surface area contributed by atoms with Crippen molar-refractivity contribution < 1.29 is 14.3 Å². The molecule has 208 valence electrons. The van der Waals surface area contributed by atoms with Gasteiger partial charge >= 0.3 is 0 Å². The van der Waals surface area contributed by atoms with Crippen LogP contribution in [0.1, 0.15) is 22.3 Å². The van der Waals surface area contributed by atoms with Crippen LogP contribution in [0.25, 0.3) is 6.08 Å². The van der Waals surface area contributed by atoms with Crippen LogP contribution in [0, 0.1) is 0 Å². The molecule has 1 aliphatic heterocycles. The van der Waals surface area contributed by atoms with Crippen LogP contribution in [0.15, 0.2) is 101 Å². The summed E-state index contributed by atoms with van der Waals surface area (Å²) in [6.45, 7) is 1.07. The van der Waals surface area contributed by atoms with E-state index in [-0.39, 0.29) is 12.5 Å². The highest BCUT2D eigenvalue weighted by Crippen LogP contribution is 2.40. The van der Waals surface area contributed by atoms with Crippen molar-refractivity contribution in [2.45, 2.75) is 19.7 Å². The van der Waals surface area contributed by atoms with E-state index in [2.05, 4.69) is 0 Å². The summed E-state index contributed by atoms with van der Waals surface area (Å²) in [6, 6.07) is 28.5. The van der Waals surface area contributed by atoms with E-state index in [1.165, 1.54) is 18.9 Å². The SMILES string of the molecule is COc1cc(/C=C2/SC(=NCc3ccccc3)N(Cc3ccccc3)C2=O)cc(Cl)c1OCc1ccc(Cl)cc1Cl. The Morgan fingerprint density at radius 1 is 0.878 bits per heavy atom. The zero-order valence-electron chi connectivity index (χ0n) is 22.0. The number of carbonyl (C=O) groups is 1. The molecule has 1 amide bonds. The molecular weight excluding hydrogens is 599 g/mol. The zero-order chi connectivity index (χ0) is 28.8. The molecule has 1 saturated heterocycles. The van der Waals surface area contributed by atoms with Crippen molar-refractivity contribution >= 4 is 63.7 Å². The number of methoxy groups -OCH3 is 1. The number of ether oxygens (including phenoxy) is 2.